The van der Waals surface area contributed by atoms with E-state index in [1.807, 2.05) is 0 Å². The Morgan fingerprint density at radius 2 is 2.00 bits per heavy atom. The van der Waals surface area contributed by atoms with Crippen LogP contribution in [0.4, 0.5) is 0 Å². The van der Waals surface area contributed by atoms with Crippen LogP contribution in [0.2, 0.25) is 0 Å². The van der Waals surface area contributed by atoms with Crippen LogP contribution in [0.25, 0.3) is 0 Å². The molecule has 18 heavy (non-hydrogen) atoms. The van der Waals surface area contributed by atoms with Crippen LogP contribution in [0.1, 0.15) is 54.9 Å². The SMILES string of the molecule is CCC(CNC(C)(C)C)N1CC(C)OC(C)(C)C1. The van der Waals surface area contributed by atoms with E-state index in [1.54, 1.807) is 0 Å². The summed E-state index contributed by atoms with van der Waals surface area (Å²) in [6.45, 7) is 18.7. The second-order valence-corrected chi connectivity index (χ2v) is 7.31. The lowest BCUT2D eigenvalue weighted by atomic mass is 10.0. The lowest BCUT2D eigenvalue weighted by Crippen LogP contribution is -2.57. The molecule has 0 bridgehead atoms. The molecule has 3 nitrogen and oxygen atoms in total. The molecule has 0 radical (unpaired) electrons. The van der Waals surface area contributed by atoms with E-state index in [9.17, 15) is 0 Å². The van der Waals surface area contributed by atoms with Crippen LogP contribution in [0, 0.1) is 0 Å². The van der Waals surface area contributed by atoms with E-state index in [2.05, 4.69) is 58.7 Å². The van der Waals surface area contributed by atoms with Crippen molar-refractivity contribution in [3.05, 3.63) is 0 Å². The fourth-order valence-corrected chi connectivity index (χ4v) is 2.74. The van der Waals surface area contributed by atoms with Gasteiger partial charge in [-0.2, -0.15) is 0 Å². The number of morpholine rings is 1. The van der Waals surface area contributed by atoms with Crippen molar-refractivity contribution in [2.24, 2.45) is 0 Å². The molecule has 2 unspecified atom stereocenters. The highest BCUT2D eigenvalue weighted by Crippen LogP contribution is 2.23. The molecule has 1 aliphatic heterocycles. The summed E-state index contributed by atoms with van der Waals surface area (Å²) < 4.78 is 5.98. The number of nitrogens with zero attached hydrogens (tertiary/aromatic N) is 1. The highest BCUT2D eigenvalue weighted by Gasteiger charge is 2.34. The van der Waals surface area contributed by atoms with E-state index in [0.717, 1.165) is 19.6 Å². The second-order valence-electron chi connectivity index (χ2n) is 7.31. The van der Waals surface area contributed by atoms with Gasteiger partial charge in [-0.15, -0.1) is 0 Å². The van der Waals surface area contributed by atoms with Crippen LogP contribution in [0.3, 0.4) is 0 Å². The lowest BCUT2D eigenvalue weighted by Gasteiger charge is -2.45. The van der Waals surface area contributed by atoms with Crippen molar-refractivity contribution in [3.63, 3.8) is 0 Å². The first kappa shape index (κ1) is 15.9. The van der Waals surface area contributed by atoms with Gasteiger partial charge in [-0.25, -0.2) is 0 Å². The summed E-state index contributed by atoms with van der Waals surface area (Å²) in [5.74, 6) is 0. The van der Waals surface area contributed by atoms with Gasteiger partial charge < -0.3 is 10.1 Å². The van der Waals surface area contributed by atoms with E-state index in [1.165, 1.54) is 6.42 Å². The molecule has 1 rings (SSSR count). The maximum Gasteiger partial charge on any atom is 0.0757 e. The van der Waals surface area contributed by atoms with Crippen LogP contribution < -0.4 is 5.32 Å². The minimum absolute atomic E-state index is 0.0210. The topological polar surface area (TPSA) is 24.5 Å². The summed E-state index contributed by atoms with van der Waals surface area (Å²) in [5.41, 5.74) is 0.174. The number of ether oxygens (including phenoxy) is 1. The van der Waals surface area contributed by atoms with Gasteiger partial charge in [-0.05, 0) is 48.0 Å². The fraction of sp³-hybridized carbons (Fsp3) is 1.00. The van der Waals surface area contributed by atoms with Crippen molar-refractivity contribution in [3.8, 4) is 0 Å². The Morgan fingerprint density at radius 1 is 1.39 bits per heavy atom. The normalized spacial score (nSPS) is 27.2. The van der Waals surface area contributed by atoms with Crippen molar-refractivity contribution in [1.29, 1.82) is 0 Å². The first-order valence-corrected chi connectivity index (χ1v) is 7.30. The molecule has 0 amide bonds. The van der Waals surface area contributed by atoms with E-state index in [4.69, 9.17) is 4.74 Å². The Kier molecular flexibility index (Phi) is 5.22. The van der Waals surface area contributed by atoms with Gasteiger partial charge in [-0.1, -0.05) is 6.92 Å². The summed E-state index contributed by atoms with van der Waals surface area (Å²) in [6, 6.07) is 0.606. The van der Waals surface area contributed by atoms with Crippen molar-refractivity contribution in [2.45, 2.75) is 78.2 Å². The first-order chi connectivity index (χ1) is 8.13. The van der Waals surface area contributed by atoms with Crippen LogP contribution in [-0.4, -0.2) is 47.8 Å². The number of rotatable bonds is 4. The quantitative estimate of drug-likeness (QED) is 0.837. The fourth-order valence-electron chi connectivity index (χ4n) is 2.74. The summed E-state index contributed by atoms with van der Waals surface area (Å²) >= 11 is 0. The second kappa shape index (κ2) is 5.89. The van der Waals surface area contributed by atoms with Gasteiger partial charge >= 0.3 is 0 Å². The Labute approximate surface area is 113 Å². The zero-order chi connectivity index (χ0) is 14.0. The van der Waals surface area contributed by atoms with Crippen LogP contribution in [0.15, 0.2) is 0 Å². The first-order valence-electron chi connectivity index (χ1n) is 7.30. The van der Waals surface area contributed by atoms with Crippen LogP contribution in [-0.2, 0) is 4.74 Å². The molecule has 0 aliphatic carbocycles. The number of hydrogen-bond acceptors (Lipinski definition) is 3. The molecule has 2 atom stereocenters. The Morgan fingerprint density at radius 3 is 2.44 bits per heavy atom. The molecular weight excluding hydrogens is 224 g/mol. The minimum atomic E-state index is -0.0210. The molecule has 0 saturated carbocycles. The third kappa shape index (κ3) is 5.25. The molecule has 0 aromatic rings. The molecule has 3 heteroatoms. The average molecular weight is 256 g/mol. The molecule has 0 spiro atoms. The molecule has 1 N–H and O–H groups in total. The van der Waals surface area contributed by atoms with Gasteiger partial charge in [0.05, 0.1) is 11.7 Å². The predicted octanol–water partition coefficient (Wildman–Crippen LogP) is 2.65. The largest absolute Gasteiger partial charge is 0.370 e. The predicted molar refractivity (Wildman–Crippen MR) is 78.0 cm³/mol. The number of hydrogen-bond donors (Lipinski definition) is 1. The maximum absolute atomic E-state index is 5.98. The van der Waals surface area contributed by atoms with E-state index in [-0.39, 0.29) is 11.1 Å². The van der Waals surface area contributed by atoms with Crippen molar-refractivity contribution in [1.82, 2.24) is 10.2 Å². The smallest absolute Gasteiger partial charge is 0.0757 e. The lowest BCUT2D eigenvalue weighted by molar-refractivity contribution is -0.138. The van der Waals surface area contributed by atoms with Crippen molar-refractivity contribution >= 4 is 0 Å². The summed E-state index contributed by atoms with van der Waals surface area (Å²) in [4.78, 5) is 2.59. The highest BCUT2D eigenvalue weighted by atomic mass is 16.5. The van der Waals surface area contributed by atoms with Gasteiger partial charge in [0.15, 0.2) is 0 Å². The third-order valence-electron chi connectivity index (χ3n) is 3.45. The zero-order valence-electron chi connectivity index (χ0n) is 13.3. The van der Waals surface area contributed by atoms with E-state index in [0.29, 0.717) is 12.1 Å². The standard InChI is InChI=1S/C15H32N2O/c1-8-13(9-16-14(3,4)5)17-10-12(2)18-15(6,7)11-17/h12-13,16H,8-11H2,1-7H3. The molecule has 1 aliphatic rings. The zero-order valence-corrected chi connectivity index (χ0v) is 13.3. The van der Waals surface area contributed by atoms with Gasteiger partial charge in [0.1, 0.15) is 0 Å². The van der Waals surface area contributed by atoms with Crippen LogP contribution >= 0.6 is 0 Å². The Hall–Kier alpha value is -0.120. The van der Waals surface area contributed by atoms with Crippen molar-refractivity contribution in [2.75, 3.05) is 19.6 Å². The van der Waals surface area contributed by atoms with Gasteiger partial charge in [0.25, 0.3) is 0 Å². The average Bonchev–Trinajstić information content (AvgIpc) is 2.13. The van der Waals surface area contributed by atoms with Gasteiger partial charge in [-0.3, -0.25) is 4.90 Å². The Bertz CT molecular complexity index is 258. The monoisotopic (exact) mass is 256 g/mol. The van der Waals surface area contributed by atoms with Crippen molar-refractivity contribution < 1.29 is 4.74 Å². The summed E-state index contributed by atoms with van der Waals surface area (Å²) in [6.07, 6.45) is 1.52. The molecule has 1 saturated heterocycles. The molecule has 0 aromatic heterocycles. The third-order valence-corrected chi connectivity index (χ3v) is 3.45. The summed E-state index contributed by atoms with van der Waals surface area (Å²) in [5, 5.41) is 3.63. The summed E-state index contributed by atoms with van der Waals surface area (Å²) in [7, 11) is 0. The van der Waals surface area contributed by atoms with Gasteiger partial charge in [0.2, 0.25) is 0 Å². The minimum Gasteiger partial charge on any atom is -0.370 e. The van der Waals surface area contributed by atoms with Crippen LogP contribution in [0.5, 0.6) is 0 Å². The number of nitrogens with one attached hydrogen (secondary N) is 1. The molecule has 108 valence electrons. The molecular formula is C15H32N2O. The van der Waals surface area contributed by atoms with Gasteiger partial charge in [0, 0.05) is 31.2 Å². The Balaban J connectivity index is 2.58. The molecule has 0 aromatic carbocycles. The highest BCUT2D eigenvalue weighted by molar-refractivity contribution is 4.87. The molecule has 1 fully saturated rings. The molecule has 1 heterocycles. The van der Waals surface area contributed by atoms with E-state index >= 15 is 0 Å². The van der Waals surface area contributed by atoms with E-state index < -0.39 is 0 Å². The maximum atomic E-state index is 5.98.